The van der Waals surface area contributed by atoms with Gasteiger partial charge in [0.05, 0.1) is 17.8 Å². The zero-order valence-corrected chi connectivity index (χ0v) is 16.4. The van der Waals surface area contributed by atoms with Crippen molar-refractivity contribution in [2.75, 3.05) is 19.0 Å². The molecule has 136 valence electrons. The van der Waals surface area contributed by atoms with Crippen molar-refractivity contribution in [3.8, 4) is 17.0 Å². The summed E-state index contributed by atoms with van der Waals surface area (Å²) in [5.74, 6) is 0.727. The van der Waals surface area contributed by atoms with Crippen molar-refractivity contribution < 1.29 is 9.53 Å². The molecule has 0 radical (unpaired) electrons. The number of nitrogens with zero attached hydrogens (tertiary/aromatic N) is 1. The lowest BCUT2D eigenvalue weighted by atomic mass is 9.92. The lowest BCUT2D eigenvalue weighted by molar-refractivity contribution is -0.120. The predicted octanol–water partition coefficient (Wildman–Crippen LogP) is 4.22. The minimum Gasteiger partial charge on any atom is -0.495 e. The summed E-state index contributed by atoms with van der Waals surface area (Å²) in [5, 5.41) is 9.37. The van der Waals surface area contributed by atoms with Crippen LogP contribution in [0.3, 0.4) is 0 Å². The molecule has 1 aliphatic rings. The molecular weight excluding hydrogens is 381 g/mol. The van der Waals surface area contributed by atoms with Crippen molar-refractivity contribution >= 4 is 46.4 Å². The number of rotatable bonds is 4. The maximum absolute atomic E-state index is 12.4. The number of carbonyl (C=O) groups excluding carboxylic acids is 1. The maximum atomic E-state index is 12.4. The Balaban J connectivity index is 0.00000225. The third kappa shape index (κ3) is 4.85. The van der Waals surface area contributed by atoms with Crippen LogP contribution in [-0.2, 0) is 4.79 Å². The molecule has 5 nitrogen and oxygen atoms in total. The highest BCUT2D eigenvalue weighted by molar-refractivity contribution is 7.14. The molecule has 0 aliphatic carbocycles. The Hall–Kier alpha value is -1.34. The zero-order chi connectivity index (χ0) is 17.1. The van der Waals surface area contributed by atoms with E-state index in [4.69, 9.17) is 16.3 Å². The zero-order valence-electron chi connectivity index (χ0n) is 14.0. The number of halogens is 2. The molecule has 1 saturated heterocycles. The van der Waals surface area contributed by atoms with E-state index in [9.17, 15) is 4.79 Å². The molecule has 2 heterocycles. The van der Waals surface area contributed by atoms with Gasteiger partial charge in [-0.3, -0.25) is 4.79 Å². The van der Waals surface area contributed by atoms with Crippen molar-refractivity contribution in [1.29, 1.82) is 0 Å². The molecule has 0 bridgehead atoms. The molecule has 2 N–H and O–H groups in total. The Bertz CT molecular complexity index is 738. The van der Waals surface area contributed by atoms with E-state index >= 15 is 0 Å². The average molecular weight is 402 g/mol. The first-order valence-corrected chi connectivity index (χ1v) is 9.16. The fourth-order valence-electron chi connectivity index (χ4n) is 2.87. The van der Waals surface area contributed by atoms with Crippen LogP contribution in [-0.4, -0.2) is 30.6 Å². The average Bonchev–Trinajstić information content (AvgIpc) is 3.03. The van der Waals surface area contributed by atoms with Gasteiger partial charge < -0.3 is 15.4 Å². The highest BCUT2D eigenvalue weighted by Crippen LogP contribution is 2.32. The van der Waals surface area contributed by atoms with Crippen LogP contribution in [0, 0.1) is 5.92 Å². The first-order valence-electron chi connectivity index (χ1n) is 7.90. The second kappa shape index (κ2) is 8.85. The van der Waals surface area contributed by atoms with E-state index in [0.717, 1.165) is 30.6 Å². The van der Waals surface area contributed by atoms with Gasteiger partial charge in [-0.1, -0.05) is 11.6 Å². The minimum atomic E-state index is 0. The van der Waals surface area contributed by atoms with Crippen molar-refractivity contribution in [3.05, 3.63) is 28.6 Å². The Morgan fingerprint density at radius 2 is 2.28 bits per heavy atom. The van der Waals surface area contributed by atoms with Gasteiger partial charge in [0.25, 0.3) is 0 Å². The Morgan fingerprint density at radius 1 is 1.48 bits per heavy atom. The van der Waals surface area contributed by atoms with Gasteiger partial charge in [-0.15, -0.1) is 23.7 Å². The number of ether oxygens (including phenoxy) is 1. The summed E-state index contributed by atoms with van der Waals surface area (Å²) < 4.78 is 5.16. The number of amides is 1. The fourth-order valence-corrected chi connectivity index (χ4v) is 3.85. The SMILES string of the molecule is COc1ccc(-c2csc(NC(=O)[C@H]3CCN[C@@H](C)C3)n2)cc1Cl.Cl. The summed E-state index contributed by atoms with van der Waals surface area (Å²) in [5.41, 5.74) is 1.69. The Morgan fingerprint density at radius 3 is 2.96 bits per heavy atom. The van der Waals surface area contributed by atoms with Gasteiger partial charge in [0, 0.05) is 22.9 Å². The maximum Gasteiger partial charge on any atom is 0.229 e. The van der Waals surface area contributed by atoms with Gasteiger partial charge in [-0.05, 0) is 44.5 Å². The molecule has 1 aromatic heterocycles. The molecule has 0 saturated carbocycles. The van der Waals surface area contributed by atoms with Gasteiger partial charge in [-0.2, -0.15) is 0 Å². The Kier molecular flexibility index (Phi) is 7.07. The van der Waals surface area contributed by atoms with E-state index in [1.807, 2.05) is 23.6 Å². The molecule has 1 amide bonds. The number of nitrogens with one attached hydrogen (secondary N) is 2. The first kappa shape index (κ1) is 20.0. The largest absolute Gasteiger partial charge is 0.495 e. The number of hydrogen-bond donors (Lipinski definition) is 2. The first-order chi connectivity index (χ1) is 11.6. The van der Waals surface area contributed by atoms with Crippen LogP contribution in [0.4, 0.5) is 5.13 Å². The highest BCUT2D eigenvalue weighted by Gasteiger charge is 2.25. The lowest BCUT2D eigenvalue weighted by Crippen LogP contribution is -2.40. The summed E-state index contributed by atoms with van der Waals surface area (Å²) >= 11 is 7.58. The van der Waals surface area contributed by atoms with Crippen molar-refractivity contribution in [2.24, 2.45) is 5.92 Å². The standard InChI is InChI=1S/C17H20ClN3O2S.ClH/c1-10-7-12(5-6-19-10)16(22)21-17-20-14(9-24-17)11-3-4-15(23-2)13(18)8-11;/h3-4,8-10,12,19H,5-7H2,1-2H3,(H,20,21,22);1H/t10-,12-;/m0./s1. The van der Waals surface area contributed by atoms with Gasteiger partial charge >= 0.3 is 0 Å². The molecule has 0 unspecified atom stereocenters. The van der Waals surface area contributed by atoms with E-state index in [1.54, 1.807) is 7.11 Å². The molecule has 0 spiro atoms. The molecule has 8 heteroatoms. The van der Waals surface area contributed by atoms with E-state index in [-0.39, 0.29) is 24.2 Å². The minimum absolute atomic E-state index is 0. The number of thiazole rings is 1. The lowest BCUT2D eigenvalue weighted by Gasteiger charge is -2.26. The van der Waals surface area contributed by atoms with Crippen LogP contribution in [0.15, 0.2) is 23.6 Å². The topological polar surface area (TPSA) is 63.2 Å². The van der Waals surface area contributed by atoms with Crippen LogP contribution < -0.4 is 15.4 Å². The summed E-state index contributed by atoms with van der Waals surface area (Å²) in [4.78, 5) is 16.9. The number of hydrogen-bond acceptors (Lipinski definition) is 5. The Labute approximate surface area is 162 Å². The summed E-state index contributed by atoms with van der Waals surface area (Å²) in [6.45, 7) is 2.99. The quantitative estimate of drug-likeness (QED) is 0.804. The monoisotopic (exact) mass is 401 g/mol. The molecule has 2 aromatic rings. The number of aromatic nitrogens is 1. The van der Waals surface area contributed by atoms with E-state index in [2.05, 4.69) is 22.5 Å². The van der Waals surface area contributed by atoms with Gasteiger partial charge in [-0.25, -0.2) is 4.98 Å². The molecule has 25 heavy (non-hydrogen) atoms. The molecule has 3 rings (SSSR count). The highest BCUT2D eigenvalue weighted by atomic mass is 35.5. The summed E-state index contributed by atoms with van der Waals surface area (Å²) in [6, 6.07) is 5.91. The van der Waals surface area contributed by atoms with Crippen LogP contribution in [0.25, 0.3) is 11.3 Å². The van der Waals surface area contributed by atoms with Crippen LogP contribution in [0.2, 0.25) is 5.02 Å². The number of carbonyl (C=O) groups is 1. The van der Waals surface area contributed by atoms with Gasteiger partial charge in [0.2, 0.25) is 5.91 Å². The van der Waals surface area contributed by atoms with Crippen molar-refractivity contribution in [1.82, 2.24) is 10.3 Å². The summed E-state index contributed by atoms with van der Waals surface area (Å²) in [6.07, 6.45) is 1.72. The third-order valence-electron chi connectivity index (χ3n) is 4.18. The van der Waals surface area contributed by atoms with E-state index in [0.29, 0.717) is 21.9 Å². The molecule has 1 aromatic carbocycles. The van der Waals surface area contributed by atoms with E-state index in [1.165, 1.54) is 11.3 Å². The fraction of sp³-hybridized carbons (Fsp3) is 0.412. The van der Waals surface area contributed by atoms with Crippen molar-refractivity contribution in [2.45, 2.75) is 25.8 Å². The van der Waals surface area contributed by atoms with Gasteiger partial charge in [0.15, 0.2) is 5.13 Å². The van der Waals surface area contributed by atoms with Crippen LogP contribution in [0.1, 0.15) is 19.8 Å². The molecule has 2 atom stereocenters. The number of benzene rings is 1. The summed E-state index contributed by atoms with van der Waals surface area (Å²) in [7, 11) is 1.58. The number of piperidine rings is 1. The smallest absolute Gasteiger partial charge is 0.229 e. The number of methoxy groups -OCH3 is 1. The predicted molar refractivity (Wildman–Crippen MR) is 105 cm³/mol. The molecule has 1 fully saturated rings. The van der Waals surface area contributed by atoms with E-state index < -0.39 is 0 Å². The number of anilines is 1. The normalized spacial score (nSPS) is 19.8. The van der Waals surface area contributed by atoms with Gasteiger partial charge in [0.1, 0.15) is 5.75 Å². The second-order valence-corrected chi connectivity index (χ2v) is 7.22. The molecular formula is C17H21Cl2N3O2S. The second-order valence-electron chi connectivity index (χ2n) is 5.95. The van der Waals surface area contributed by atoms with Crippen LogP contribution >= 0.6 is 35.3 Å². The molecule has 1 aliphatic heterocycles. The third-order valence-corrected chi connectivity index (χ3v) is 5.23. The van der Waals surface area contributed by atoms with Crippen LogP contribution in [0.5, 0.6) is 5.75 Å². The van der Waals surface area contributed by atoms with Crippen molar-refractivity contribution in [3.63, 3.8) is 0 Å².